The van der Waals surface area contributed by atoms with Crippen molar-refractivity contribution in [2.45, 2.75) is 6.92 Å². The van der Waals surface area contributed by atoms with E-state index < -0.39 is 0 Å². The summed E-state index contributed by atoms with van der Waals surface area (Å²) < 4.78 is 7.65. The van der Waals surface area contributed by atoms with Gasteiger partial charge in [0.15, 0.2) is 5.65 Å². The third-order valence-electron chi connectivity index (χ3n) is 3.61. The van der Waals surface area contributed by atoms with E-state index >= 15 is 0 Å². The van der Waals surface area contributed by atoms with Gasteiger partial charge in [-0.15, -0.1) is 0 Å². The average Bonchev–Trinajstić information content (AvgIpc) is 2.97. The van der Waals surface area contributed by atoms with Crippen molar-refractivity contribution in [3.63, 3.8) is 0 Å². The first-order valence-corrected chi connectivity index (χ1v) is 6.63. The number of hydrogen-bond acceptors (Lipinski definition) is 4. The van der Waals surface area contributed by atoms with Crippen LogP contribution >= 0.6 is 0 Å². The number of rotatable bonds is 1. The first kappa shape index (κ1) is 11.3. The summed E-state index contributed by atoms with van der Waals surface area (Å²) in [6, 6.07) is 6.13. The monoisotopic (exact) mass is 266 g/mol. The molecule has 2 aromatic heterocycles. The number of nitrogens with zero attached hydrogens (tertiary/aromatic N) is 3. The molecule has 4 rings (SSSR count). The van der Waals surface area contributed by atoms with Crippen LogP contribution in [0.3, 0.4) is 0 Å². The molecule has 3 aromatic rings. The number of anilines is 1. The number of nitrogens with one attached hydrogen (secondary N) is 1. The minimum atomic E-state index is 0.713. The summed E-state index contributed by atoms with van der Waals surface area (Å²) in [5.74, 6) is 0.904. The van der Waals surface area contributed by atoms with Crippen LogP contribution in [0, 0.1) is 6.92 Å². The summed E-state index contributed by atoms with van der Waals surface area (Å²) in [6.07, 6.45) is 5.54. The average molecular weight is 266 g/mol. The van der Waals surface area contributed by atoms with Crippen molar-refractivity contribution >= 4 is 11.3 Å². The van der Waals surface area contributed by atoms with Gasteiger partial charge in [0.05, 0.1) is 17.6 Å². The normalized spacial score (nSPS) is 13.7. The van der Waals surface area contributed by atoms with Crippen molar-refractivity contribution in [1.82, 2.24) is 14.4 Å². The number of benzene rings is 1. The minimum Gasteiger partial charge on any atom is -0.490 e. The van der Waals surface area contributed by atoms with Crippen LogP contribution in [0.4, 0.5) is 5.69 Å². The molecule has 3 heterocycles. The molecule has 5 nitrogen and oxygen atoms in total. The first-order valence-electron chi connectivity index (χ1n) is 6.63. The summed E-state index contributed by atoms with van der Waals surface area (Å²) in [5, 5.41) is 3.35. The number of aromatic nitrogens is 3. The Balaban J connectivity index is 1.88. The quantitative estimate of drug-likeness (QED) is 0.735. The molecular weight excluding hydrogens is 252 g/mol. The molecule has 0 amide bonds. The van der Waals surface area contributed by atoms with E-state index in [1.165, 1.54) is 0 Å². The first-order chi connectivity index (χ1) is 9.83. The molecule has 0 atom stereocenters. The van der Waals surface area contributed by atoms with E-state index in [1.807, 2.05) is 22.7 Å². The summed E-state index contributed by atoms with van der Waals surface area (Å²) in [7, 11) is 0. The lowest BCUT2D eigenvalue weighted by Gasteiger charge is -2.20. The van der Waals surface area contributed by atoms with Gasteiger partial charge in [-0.2, -0.15) is 0 Å². The lowest BCUT2D eigenvalue weighted by Crippen LogP contribution is -2.17. The molecule has 0 saturated carbocycles. The van der Waals surface area contributed by atoms with Crippen molar-refractivity contribution in [3.05, 3.63) is 42.5 Å². The van der Waals surface area contributed by atoms with Crippen LogP contribution in [0.15, 0.2) is 36.8 Å². The van der Waals surface area contributed by atoms with Gasteiger partial charge in [0.25, 0.3) is 0 Å². The molecule has 1 aliphatic rings. The zero-order valence-corrected chi connectivity index (χ0v) is 11.1. The molecule has 0 fully saturated rings. The third kappa shape index (κ3) is 1.63. The molecule has 0 bridgehead atoms. The maximum absolute atomic E-state index is 5.60. The van der Waals surface area contributed by atoms with Crippen molar-refractivity contribution in [2.75, 3.05) is 18.5 Å². The number of imidazole rings is 1. The molecule has 100 valence electrons. The van der Waals surface area contributed by atoms with Crippen LogP contribution in [-0.4, -0.2) is 27.5 Å². The van der Waals surface area contributed by atoms with E-state index in [0.29, 0.717) is 6.61 Å². The lowest BCUT2D eigenvalue weighted by atomic mass is 10.1. The predicted octanol–water partition coefficient (Wildman–Crippen LogP) is 2.51. The Labute approximate surface area is 116 Å². The fraction of sp³-hybridized carbons (Fsp3) is 0.200. The van der Waals surface area contributed by atoms with Gasteiger partial charge in [-0.1, -0.05) is 0 Å². The van der Waals surface area contributed by atoms with Gasteiger partial charge in [0.1, 0.15) is 12.4 Å². The fourth-order valence-corrected chi connectivity index (χ4v) is 2.60. The van der Waals surface area contributed by atoms with Crippen molar-refractivity contribution < 1.29 is 4.74 Å². The second-order valence-electron chi connectivity index (χ2n) is 4.83. The Morgan fingerprint density at radius 2 is 2.25 bits per heavy atom. The highest BCUT2D eigenvalue weighted by Gasteiger charge is 2.13. The number of hydrogen-bond donors (Lipinski definition) is 1. The summed E-state index contributed by atoms with van der Waals surface area (Å²) in [4.78, 5) is 8.80. The van der Waals surface area contributed by atoms with E-state index in [4.69, 9.17) is 4.74 Å². The van der Waals surface area contributed by atoms with E-state index in [1.54, 1.807) is 12.4 Å². The van der Waals surface area contributed by atoms with Gasteiger partial charge >= 0.3 is 0 Å². The van der Waals surface area contributed by atoms with E-state index in [0.717, 1.165) is 40.6 Å². The van der Waals surface area contributed by atoms with E-state index in [9.17, 15) is 0 Å². The van der Waals surface area contributed by atoms with Crippen LogP contribution in [0.2, 0.25) is 0 Å². The predicted molar refractivity (Wildman–Crippen MR) is 77.1 cm³/mol. The van der Waals surface area contributed by atoms with Crippen LogP contribution in [0.25, 0.3) is 16.9 Å². The van der Waals surface area contributed by atoms with E-state index in [2.05, 4.69) is 28.3 Å². The van der Waals surface area contributed by atoms with Gasteiger partial charge in [-0.3, -0.25) is 4.98 Å². The van der Waals surface area contributed by atoms with Crippen molar-refractivity contribution in [3.8, 4) is 17.0 Å². The summed E-state index contributed by atoms with van der Waals surface area (Å²) in [5.41, 5.74) is 5.02. The second kappa shape index (κ2) is 4.23. The van der Waals surface area contributed by atoms with Crippen LogP contribution < -0.4 is 10.1 Å². The summed E-state index contributed by atoms with van der Waals surface area (Å²) >= 11 is 0. The smallest absolute Gasteiger partial charge is 0.155 e. The fourth-order valence-electron chi connectivity index (χ4n) is 2.60. The molecule has 0 aliphatic carbocycles. The molecule has 1 aromatic carbocycles. The van der Waals surface area contributed by atoms with Crippen molar-refractivity contribution in [1.29, 1.82) is 0 Å². The highest BCUT2D eigenvalue weighted by atomic mass is 16.5. The Morgan fingerprint density at radius 3 is 3.20 bits per heavy atom. The molecule has 0 unspecified atom stereocenters. The lowest BCUT2D eigenvalue weighted by molar-refractivity contribution is 0.323. The van der Waals surface area contributed by atoms with Gasteiger partial charge < -0.3 is 14.5 Å². The zero-order chi connectivity index (χ0) is 13.5. The zero-order valence-electron chi connectivity index (χ0n) is 11.1. The maximum Gasteiger partial charge on any atom is 0.155 e. The molecule has 20 heavy (non-hydrogen) atoms. The highest BCUT2D eigenvalue weighted by molar-refractivity contribution is 5.72. The Kier molecular flexibility index (Phi) is 2.39. The Hall–Kier alpha value is -2.56. The summed E-state index contributed by atoms with van der Waals surface area (Å²) in [6.45, 7) is 3.61. The topological polar surface area (TPSA) is 51.5 Å². The molecule has 0 saturated heterocycles. The second-order valence-corrected chi connectivity index (χ2v) is 4.83. The molecule has 1 aliphatic heterocycles. The van der Waals surface area contributed by atoms with Crippen LogP contribution in [-0.2, 0) is 0 Å². The highest BCUT2D eigenvalue weighted by Crippen LogP contribution is 2.32. The van der Waals surface area contributed by atoms with Gasteiger partial charge in [0.2, 0.25) is 0 Å². The number of fused-ring (bicyclic) bond motifs is 2. The number of ether oxygens (including phenoxy) is 1. The van der Waals surface area contributed by atoms with Crippen LogP contribution in [0.5, 0.6) is 5.75 Å². The third-order valence-corrected chi connectivity index (χ3v) is 3.61. The number of aryl methyl sites for hydroxylation is 1. The van der Waals surface area contributed by atoms with Crippen molar-refractivity contribution in [2.24, 2.45) is 0 Å². The molecule has 0 radical (unpaired) electrons. The van der Waals surface area contributed by atoms with Gasteiger partial charge in [0, 0.05) is 30.2 Å². The molecular formula is C15H14N4O. The molecule has 1 N–H and O–H groups in total. The van der Waals surface area contributed by atoms with Crippen LogP contribution in [0.1, 0.15) is 5.69 Å². The molecule has 5 heteroatoms. The largest absolute Gasteiger partial charge is 0.490 e. The SMILES string of the molecule is Cc1c(-c2ccc3c(c2)NCCO3)ncc2nccn12. The Bertz CT molecular complexity index is 794. The van der Waals surface area contributed by atoms with Gasteiger partial charge in [-0.25, -0.2) is 4.98 Å². The van der Waals surface area contributed by atoms with E-state index in [-0.39, 0.29) is 0 Å². The van der Waals surface area contributed by atoms with Gasteiger partial charge in [-0.05, 0) is 25.1 Å². The maximum atomic E-state index is 5.60. The molecule has 0 spiro atoms. The Morgan fingerprint density at radius 1 is 1.30 bits per heavy atom. The minimum absolute atomic E-state index is 0.713. The standard InChI is InChI=1S/C15H14N4O/c1-10-15(18-9-14-17-4-6-19(10)14)11-2-3-13-12(8-11)16-5-7-20-13/h2-4,6,8-9,16H,5,7H2,1H3.